The highest BCUT2D eigenvalue weighted by atomic mass is 16.2. The highest BCUT2D eigenvalue weighted by molar-refractivity contribution is 6.04. The Labute approximate surface area is 182 Å². The number of amides is 3. The molecule has 0 bridgehead atoms. The first-order valence-electron chi connectivity index (χ1n) is 10.8. The lowest BCUT2D eigenvalue weighted by Gasteiger charge is -2.37. The zero-order chi connectivity index (χ0) is 21.8. The van der Waals surface area contributed by atoms with Gasteiger partial charge >= 0.3 is 0 Å². The van der Waals surface area contributed by atoms with E-state index in [0.29, 0.717) is 49.0 Å². The molecule has 162 valence electrons. The summed E-state index contributed by atoms with van der Waals surface area (Å²) in [5.74, 6) is -0.137. The predicted molar refractivity (Wildman–Crippen MR) is 119 cm³/mol. The molecule has 1 saturated heterocycles. The maximum atomic E-state index is 12.9. The molecule has 0 radical (unpaired) electrons. The first-order valence-corrected chi connectivity index (χ1v) is 10.8. The molecule has 2 fully saturated rings. The van der Waals surface area contributed by atoms with Crippen LogP contribution < -0.4 is 10.6 Å². The van der Waals surface area contributed by atoms with Gasteiger partial charge in [0.25, 0.3) is 11.8 Å². The van der Waals surface area contributed by atoms with Crippen LogP contribution >= 0.6 is 0 Å². The van der Waals surface area contributed by atoms with Crippen molar-refractivity contribution in [2.45, 2.75) is 31.8 Å². The summed E-state index contributed by atoms with van der Waals surface area (Å²) in [6, 6.07) is 16.1. The summed E-state index contributed by atoms with van der Waals surface area (Å²) in [5.41, 5.74) is 1.82. The molecule has 1 aliphatic heterocycles. The maximum absolute atomic E-state index is 12.9. The van der Waals surface area contributed by atoms with Gasteiger partial charge in [-0.1, -0.05) is 18.2 Å². The Kier molecular flexibility index (Phi) is 6.32. The Balaban J connectivity index is 1.28. The molecule has 3 amide bonds. The summed E-state index contributed by atoms with van der Waals surface area (Å²) in [6.07, 6.45) is 2.16. The fourth-order valence-electron chi connectivity index (χ4n) is 3.70. The topological polar surface area (TPSA) is 81.8 Å². The SMILES string of the molecule is CC(C(=O)NC1CC1)N1CCN(C(=O)c2ccc(NC(=O)c3ccccc3)cc2)CC1. The highest BCUT2D eigenvalue weighted by Crippen LogP contribution is 2.20. The number of rotatable bonds is 6. The Hall–Kier alpha value is -3.19. The van der Waals surface area contributed by atoms with E-state index in [0.717, 1.165) is 12.8 Å². The number of benzene rings is 2. The molecule has 1 heterocycles. The van der Waals surface area contributed by atoms with Gasteiger partial charge in [0.2, 0.25) is 5.91 Å². The van der Waals surface area contributed by atoms with Gasteiger partial charge in [0.15, 0.2) is 0 Å². The van der Waals surface area contributed by atoms with Crippen LogP contribution in [0, 0.1) is 0 Å². The summed E-state index contributed by atoms with van der Waals surface area (Å²) in [5, 5.41) is 5.89. The Morgan fingerprint density at radius 3 is 2.13 bits per heavy atom. The molecule has 1 atom stereocenters. The van der Waals surface area contributed by atoms with Crippen molar-refractivity contribution in [2.24, 2.45) is 0 Å². The van der Waals surface area contributed by atoms with E-state index in [1.807, 2.05) is 30.0 Å². The molecule has 0 aromatic heterocycles. The van der Waals surface area contributed by atoms with Gasteiger partial charge in [0, 0.05) is 49.0 Å². The number of nitrogens with one attached hydrogen (secondary N) is 2. The second-order valence-corrected chi connectivity index (χ2v) is 8.18. The molecule has 1 aliphatic carbocycles. The second kappa shape index (κ2) is 9.31. The van der Waals surface area contributed by atoms with Crippen LogP contribution in [0.25, 0.3) is 0 Å². The molecule has 2 aromatic carbocycles. The Morgan fingerprint density at radius 1 is 0.871 bits per heavy atom. The number of carbonyl (C=O) groups is 3. The van der Waals surface area contributed by atoms with Gasteiger partial charge in [0.05, 0.1) is 6.04 Å². The number of nitrogens with zero attached hydrogens (tertiary/aromatic N) is 2. The molecule has 0 spiro atoms. The van der Waals surface area contributed by atoms with Gasteiger partial charge in [-0.3, -0.25) is 19.3 Å². The highest BCUT2D eigenvalue weighted by Gasteiger charge is 2.31. The lowest BCUT2D eigenvalue weighted by molar-refractivity contribution is -0.126. The summed E-state index contributed by atoms with van der Waals surface area (Å²) < 4.78 is 0. The van der Waals surface area contributed by atoms with Gasteiger partial charge in [-0.25, -0.2) is 0 Å². The average molecular weight is 421 g/mol. The standard InChI is InChI=1S/C24H28N4O3/c1-17(22(29)25-21-11-12-21)27-13-15-28(16-14-27)24(31)19-7-9-20(10-8-19)26-23(30)18-5-3-2-4-6-18/h2-10,17,21H,11-16H2,1H3,(H,25,29)(H,26,30). The van der Waals surface area contributed by atoms with E-state index in [2.05, 4.69) is 15.5 Å². The van der Waals surface area contributed by atoms with Crippen LogP contribution in [-0.2, 0) is 4.79 Å². The first kappa shape index (κ1) is 21.1. The molecule has 2 aliphatic rings. The molecule has 7 heteroatoms. The minimum Gasteiger partial charge on any atom is -0.352 e. The van der Waals surface area contributed by atoms with Crippen molar-refractivity contribution in [1.82, 2.24) is 15.1 Å². The smallest absolute Gasteiger partial charge is 0.255 e. The zero-order valence-corrected chi connectivity index (χ0v) is 17.7. The van der Waals surface area contributed by atoms with Crippen molar-refractivity contribution >= 4 is 23.4 Å². The second-order valence-electron chi connectivity index (χ2n) is 8.18. The lowest BCUT2D eigenvalue weighted by Crippen LogP contribution is -2.55. The van der Waals surface area contributed by atoms with Crippen molar-refractivity contribution in [2.75, 3.05) is 31.5 Å². The van der Waals surface area contributed by atoms with Crippen LogP contribution in [-0.4, -0.2) is 65.8 Å². The van der Waals surface area contributed by atoms with E-state index in [1.165, 1.54) is 0 Å². The number of hydrogen-bond donors (Lipinski definition) is 2. The molecule has 2 aromatic rings. The summed E-state index contributed by atoms with van der Waals surface area (Å²) in [6.45, 7) is 4.46. The van der Waals surface area contributed by atoms with Crippen LogP contribution in [0.15, 0.2) is 54.6 Å². The lowest BCUT2D eigenvalue weighted by atomic mass is 10.1. The van der Waals surface area contributed by atoms with E-state index in [1.54, 1.807) is 36.4 Å². The number of hydrogen-bond acceptors (Lipinski definition) is 4. The van der Waals surface area contributed by atoms with Crippen molar-refractivity contribution in [1.29, 1.82) is 0 Å². The molecule has 31 heavy (non-hydrogen) atoms. The molecular formula is C24H28N4O3. The van der Waals surface area contributed by atoms with Crippen molar-refractivity contribution in [3.63, 3.8) is 0 Å². The van der Waals surface area contributed by atoms with E-state index in [-0.39, 0.29) is 23.8 Å². The minimum absolute atomic E-state index is 0.0318. The van der Waals surface area contributed by atoms with Crippen molar-refractivity contribution in [3.8, 4) is 0 Å². The Morgan fingerprint density at radius 2 is 1.52 bits per heavy atom. The third-order valence-corrected chi connectivity index (χ3v) is 5.88. The molecule has 2 N–H and O–H groups in total. The van der Waals surface area contributed by atoms with E-state index in [4.69, 9.17) is 0 Å². The van der Waals surface area contributed by atoms with Crippen LogP contribution in [0.4, 0.5) is 5.69 Å². The zero-order valence-electron chi connectivity index (χ0n) is 17.7. The molecule has 4 rings (SSSR count). The monoisotopic (exact) mass is 420 g/mol. The number of anilines is 1. The summed E-state index contributed by atoms with van der Waals surface area (Å²) in [7, 11) is 0. The van der Waals surface area contributed by atoms with Gasteiger partial charge in [-0.2, -0.15) is 0 Å². The molecular weight excluding hydrogens is 392 g/mol. The van der Waals surface area contributed by atoms with E-state index in [9.17, 15) is 14.4 Å². The molecule has 7 nitrogen and oxygen atoms in total. The van der Waals surface area contributed by atoms with E-state index >= 15 is 0 Å². The summed E-state index contributed by atoms with van der Waals surface area (Å²) in [4.78, 5) is 41.3. The van der Waals surface area contributed by atoms with Gasteiger partial charge in [-0.05, 0) is 56.2 Å². The minimum atomic E-state index is -0.185. The number of carbonyl (C=O) groups excluding carboxylic acids is 3. The third kappa shape index (κ3) is 5.30. The van der Waals surface area contributed by atoms with Crippen molar-refractivity contribution in [3.05, 3.63) is 65.7 Å². The van der Waals surface area contributed by atoms with Crippen LogP contribution in [0.1, 0.15) is 40.5 Å². The fourth-order valence-corrected chi connectivity index (χ4v) is 3.70. The third-order valence-electron chi connectivity index (χ3n) is 5.88. The Bertz CT molecular complexity index is 933. The van der Waals surface area contributed by atoms with Gasteiger partial charge in [0.1, 0.15) is 0 Å². The largest absolute Gasteiger partial charge is 0.352 e. The molecule has 1 unspecified atom stereocenters. The maximum Gasteiger partial charge on any atom is 0.255 e. The van der Waals surface area contributed by atoms with Gasteiger partial charge < -0.3 is 15.5 Å². The van der Waals surface area contributed by atoms with Crippen LogP contribution in [0.2, 0.25) is 0 Å². The first-order chi connectivity index (χ1) is 15.0. The quantitative estimate of drug-likeness (QED) is 0.752. The van der Waals surface area contributed by atoms with Gasteiger partial charge in [-0.15, -0.1) is 0 Å². The van der Waals surface area contributed by atoms with Crippen LogP contribution in [0.3, 0.4) is 0 Å². The average Bonchev–Trinajstić information content (AvgIpc) is 3.63. The van der Waals surface area contributed by atoms with Crippen molar-refractivity contribution < 1.29 is 14.4 Å². The molecule has 1 saturated carbocycles. The van der Waals surface area contributed by atoms with Crippen LogP contribution in [0.5, 0.6) is 0 Å². The summed E-state index contributed by atoms with van der Waals surface area (Å²) >= 11 is 0. The fraction of sp³-hybridized carbons (Fsp3) is 0.375. The normalized spacial score (nSPS) is 17.6. The number of piperazine rings is 1. The predicted octanol–water partition coefficient (Wildman–Crippen LogP) is 2.36. The van der Waals surface area contributed by atoms with E-state index < -0.39 is 0 Å².